The third kappa shape index (κ3) is 1.65. The molecule has 0 aromatic carbocycles. The average Bonchev–Trinajstić information content (AvgIpc) is 2.15. The van der Waals surface area contributed by atoms with Gasteiger partial charge in [0.2, 0.25) is 0 Å². The first-order chi connectivity index (χ1) is 6.74. The van der Waals surface area contributed by atoms with E-state index in [0.29, 0.717) is 5.69 Å². The molecule has 0 aliphatic heterocycles. The summed E-state index contributed by atoms with van der Waals surface area (Å²) in [6.45, 7) is 0.166. The van der Waals surface area contributed by atoms with E-state index in [-0.39, 0.29) is 12.1 Å². The van der Waals surface area contributed by atoms with Crippen LogP contribution in [0, 0.1) is 0 Å². The van der Waals surface area contributed by atoms with Crippen LogP contribution in [0.3, 0.4) is 0 Å². The molecule has 76 valence electrons. The molecule has 1 aromatic rings. The van der Waals surface area contributed by atoms with Gasteiger partial charge in [-0.2, -0.15) is 0 Å². The standard InChI is InChI=1S/C10H15N3O/c11-8-2-3-9(12-6-8)13-10(7-14)4-1-5-10/h2-3,6,14H,1,4-5,7,11H2,(H,12,13). The van der Waals surface area contributed by atoms with Crippen molar-refractivity contribution in [2.45, 2.75) is 24.8 Å². The largest absolute Gasteiger partial charge is 0.397 e. The third-order valence-corrected chi connectivity index (χ3v) is 2.79. The van der Waals surface area contributed by atoms with E-state index in [1.807, 2.05) is 6.07 Å². The third-order valence-electron chi connectivity index (χ3n) is 2.79. The van der Waals surface area contributed by atoms with Crippen molar-refractivity contribution in [2.75, 3.05) is 17.7 Å². The highest BCUT2D eigenvalue weighted by Gasteiger charge is 2.36. The number of anilines is 2. The summed E-state index contributed by atoms with van der Waals surface area (Å²) in [6, 6.07) is 3.64. The van der Waals surface area contributed by atoms with Gasteiger partial charge in [-0.15, -0.1) is 0 Å². The number of hydrogen-bond donors (Lipinski definition) is 3. The van der Waals surface area contributed by atoms with Crippen molar-refractivity contribution in [3.05, 3.63) is 18.3 Å². The van der Waals surface area contributed by atoms with Crippen LogP contribution in [0.25, 0.3) is 0 Å². The summed E-state index contributed by atoms with van der Waals surface area (Å²) in [5, 5.41) is 12.5. The molecule has 1 aliphatic carbocycles. The number of nitrogens with two attached hydrogens (primary N) is 1. The van der Waals surface area contributed by atoms with Crippen LogP contribution >= 0.6 is 0 Å². The van der Waals surface area contributed by atoms with Crippen LogP contribution in [0.2, 0.25) is 0 Å². The van der Waals surface area contributed by atoms with Gasteiger partial charge >= 0.3 is 0 Å². The molecule has 4 nitrogen and oxygen atoms in total. The predicted molar refractivity (Wildman–Crippen MR) is 55.9 cm³/mol. The highest BCUT2D eigenvalue weighted by molar-refractivity contribution is 5.45. The molecule has 14 heavy (non-hydrogen) atoms. The number of nitrogen functional groups attached to an aromatic ring is 1. The first kappa shape index (κ1) is 9.27. The summed E-state index contributed by atoms with van der Waals surface area (Å²) in [5.41, 5.74) is 6.05. The lowest BCUT2D eigenvalue weighted by molar-refractivity contribution is 0.144. The number of aliphatic hydroxyl groups is 1. The summed E-state index contributed by atoms with van der Waals surface area (Å²) in [6.07, 6.45) is 4.81. The monoisotopic (exact) mass is 193 g/mol. The van der Waals surface area contributed by atoms with Crippen molar-refractivity contribution in [3.8, 4) is 0 Å². The second-order valence-corrected chi connectivity index (χ2v) is 3.89. The minimum Gasteiger partial charge on any atom is -0.397 e. The molecule has 0 atom stereocenters. The van der Waals surface area contributed by atoms with Gasteiger partial charge in [0, 0.05) is 0 Å². The number of aromatic nitrogens is 1. The maximum absolute atomic E-state index is 9.24. The zero-order chi connectivity index (χ0) is 10.0. The highest BCUT2D eigenvalue weighted by Crippen LogP contribution is 2.34. The minimum atomic E-state index is -0.136. The van der Waals surface area contributed by atoms with Crippen molar-refractivity contribution in [2.24, 2.45) is 0 Å². The number of hydrogen-bond acceptors (Lipinski definition) is 4. The van der Waals surface area contributed by atoms with Gasteiger partial charge in [0.15, 0.2) is 0 Å². The number of nitrogens with zero attached hydrogens (tertiary/aromatic N) is 1. The van der Waals surface area contributed by atoms with E-state index in [1.165, 1.54) is 6.42 Å². The lowest BCUT2D eigenvalue weighted by atomic mass is 9.77. The second-order valence-electron chi connectivity index (χ2n) is 3.89. The van der Waals surface area contributed by atoms with E-state index in [4.69, 9.17) is 5.73 Å². The zero-order valence-corrected chi connectivity index (χ0v) is 8.03. The van der Waals surface area contributed by atoms with Gasteiger partial charge in [-0.25, -0.2) is 4.98 Å². The predicted octanol–water partition coefficient (Wildman–Crippen LogP) is 0.991. The fraction of sp³-hybridized carbons (Fsp3) is 0.500. The Morgan fingerprint density at radius 1 is 1.50 bits per heavy atom. The second kappa shape index (κ2) is 3.46. The average molecular weight is 193 g/mol. The molecule has 0 bridgehead atoms. The van der Waals surface area contributed by atoms with Crippen molar-refractivity contribution in [3.63, 3.8) is 0 Å². The van der Waals surface area contributed by atoms with Gasteiger partial charge in [0.1, 0.15) is 5.82 Å². The maximum atomic E-state index is 9.24. The van der Waals surface area contributed by atoms with Crippen LogP contribution in [0.4, 0.5) is 11.5 Å². The van der Waals surface area contributed by atoms with Crippen LogP contribution in [0.15, 0.2) is 18.3 Å². The van der Waals surface area contributed by atoms with Gasteiger partial charge in [-0.3, -0.25) is 0 Å². The maximum Gasteiger partial charge on any atom is 0.126 e. The number of pyridine rings is 1. The Kier molecular flexibility index (Phi) is 2.29. The molecule has 1 fully saturated rings. The quantitative estimate of drug-likeness (QED) is 0.669. The van der Waals surface area contributed by atoms with Gasteiger partial charge in [-0.1, -0.05) is 0 Å². The van der Waals surface area contributed by atoms with E-state index >= 15 is 0 Å². The van der Waals surface area contributed by atoms with Crippen molar-refractivity contribution in [1.82, 2.24) is 4.98 Å². The fourth-order valence-electron chi connectivity index (χ4n) is 1.68. The summed E-state index contributed by atoms with van der Waals surface area (Å²) in [5.74, 6) is 0.785. The molecule has 4 heteroatoms. The van der Waals surface area contributed by atoms with E-state index in [1.54, 1.807) is 12.3 Å². The topological polar surface area (TPSA) is 71.2 Å². The zero-order valence-electron chi connectivity index (χ0n) is 8.03. The van der Waals surface area contributed by atoms with Crippen molar-refractivity contribution >= 4 is 11.5 Å². The normalized spacial score (nSPS) is 18.6. The molecule has 0 saturated heterocycles. The van der Waals surface area contributed by atoms with Crippen LogP contribution in [-0.2, 0) is 0 Å². The minimum absolute atomic E-state index is 0.136. The van der Waals surface area contributed by atoms with E-state index in [0.717, 1.165) is 18.7 Å². The van der Waals surface area contributed by atoms with Gasteiger partial charge in [-0.05, 0) is 31.4 Å². The Hall–Kier alpha value is -1.29. The Labute approximate surface area is 83.2 Å². The summed E-state index contributed by atoms with van der Waals surface area (Å²) in [4.78, 5) is 4.15. The van der Waals surface area contributed by atoms with Crippen LogP contribution in [0.5, 0.6) is 0 Å². The lowest BCUT2D eigenvalue weighted by Gasteiger charge is -2.41. The molecule has 0 amide bonds. The first-order valence-electron chi connectivity index (χ1n) is 4.85. The van der Waals surface area contributed by atoms with Gasteiger partial charge in [0.05, 0.1) is 24.0 Å². The molecule has 0 unspecified atom stereocenters. The Bertz CT molecular complexity index is 300. The summed E-state index contributed by atoms with van der Waals surface area (Å²) in [7, 11) is 0. The van der Waals surface area contributed by atoms with E-state index in [9.17, 15) is 5.11 Å². The summed E-state index contributed by atoms with van der Waals surface area (Å²) < 4.78 is 0. The Morgan fingerprint density at radius 3 is 2.71 bits per heavy atom. The van der Waals surface area contributed by atoms with Gasteiger partial charge in [0.25, 0.3) is 0 Å². The number of nitrogens with one attached hydrogen (secondary N) is 1. The Balaban J connectivity index is 2.06. The molecule has 0 radical (unpaired) electrons. The molecular formula is C10H15N3O. The van der Waals surface area contributed by atoms with Crippen LogP contribution in [-0.4, -0.2) is 22.2 Å². The van der Waals surface area contributed by atoms with E-state index in [2.05, 4.69) is 10.3 Å². The SMILES string of the molecule is Nc1ccc(NC2(CO)CCC2)nc1. The summed E-state index contributed by atoms with van der Waals surface area (Å²) >= 11 is 0. The van der Waals surface area contributed by atoms with Gasteiger partial charge < -0.3 is 16.2 Å². The molecule has 1 heterocycles. The number of aliphatic hydroxyl groups excluding tert-OH is 1. The molecular weight excluding hydrogens is 178 g/mol. The van der Waals surface area contributed by atoms with Crippen molar-refractivity contribution in [1.29, 1.82) is 0 Å². The smallest absolute Gasteiger partial charge is 0.126 e. The van der Waals surface area contributed by atoms with Crippen molar-refractivity contribution < 1.29 is 5.11 Å². The molecule has 2 rings (SSSR count). The van der Waals surface area contributed by atoms with E-state index < -0.39 is 0 Å². The molecule has 0 spiro atoms. The van der Waals surface area contributed by atoms with Crippen LogP contribution < -0.4 is 11.1 Å². The molecule has 1 aliphatic rings. The Morgan fingerprint density at radius 2 is 2.29 bits per heavy atom. The molecule has 1 saturated carbocycles. The molecule has 4 N–H and O–H groups in total. The first-order valence-corrected chi connectivity index (χ1v) is 4.85. The highest BCUT2D eigenvalue weighted by atomic mass is 16.3. The number of rotatable bonds is 3. The molecule has 1 aromatic heterocycles. The van der Waals surface area contributed by atoms with Crippen LogP contribution in [0.1, 0.15) is 19.3 Å². The lowest BCUT2D eigenvalue weighted by Crippen LogP contribution is -2.48. The fourth-order valence-corrected chi connectivity index (χ4v) is 1.68.